The van der Waals surface area contributed by atoms with Gasteiger partial charge in [0.2, 0.25) is 0 Å². The predicted octanol–water partition coefficient (Wildman–Crippen LogP) is 10.4. The summed E-state index contributed by atoms with van der Waals surface area (Å²) in [5.74, 6) is 6.08. The minimum absolute atomic E-state index is 0. The second-order valence-corrected chi connectivity index (χ2v) is 29.5. The molecule has 0 amide bonds. The first kappa shape index (κ1) is 47.3. The summed E-state index contributed by atoms with van der Waals surface area (Å²) >= 11 is 1.80. The Hall–Kier alpha value is -2.22. The SMILES string of the molecule is CC[Si](=[Zr+2])CC.CCc1cc2c(-c3ccc(C45CC6CC(CC(C6)C4)C5)cc3)ccc(C)c2[cH-]1.Cc1cc2c(-c3ccc(C45CC6CC(CC(C6)C4)C5)cc3)ccc(C)c2[cH-]1.[Cl-].[Cl-]. The van der Waals surface area contributed by atoms with Gasteiger partial charge in [0.05, 0.1) is 0 Å². The third-order valence-corrected chi connectivity index (χ3v) is 24.3. The molecule has 0 atom stereocenters. The smallest absolute Gasteiger partial charge is 0.00391 e. The van der Waals surface area contributed by atoms with Gasteiger partial charge in [0.25, 0.3) is 0 Å². The van der Waals surface area contributed by atoms with Crippen LogP contribution in [0.2, 0.25) is 12.1 Å². The zero-order valence-electron chi connectivity index (χ0n) is 39.1. The second-order valence-electron chi connectivity index (χ2n) is 21.6. The van der Waals surface area contributed by atoms with Crippen molar-refractivity contribution in [3.05, 3.63) is 130 Å². The zero-order valence-corrected chi connectivity index (χ0v) is 44.0. The van der Waals surface area contributed by atoms with E-state index in [1.54, 1.807) is 34.5 Å². The van der Waals surface area contributed by atoms with Crippen molar-refractivity contribution < 1.29 is 48.1 Å². The van der Waals surface area contributed by atoms with Crippen molar-refractivity contribution in [2.45, 2.75) is 148 Å². The Morgan fingerprint density at radius 1 is 0.508 bits per heavy atom. The number of hydrogen-bond acceptors (Lipinski definition) is 0. The van der Waals surface area contributed by atoms with Crippen LogP contribution in [0.5, 0.6) is 0 Å². The van der Waals surface area contributed by atoms with E-state index in [0.717, 1.165) is 41.9 Å². The maximum absolute atomic E-state index is 2.48. The quantitative estimate of drug-likeness (QED) is 0.111. The molecule has 330 valence electrons. The van der Waals surface area contributed by atoms with Crippen LogP contribution >= 0.6 is 0 Å². The maximum Gasteiger partial charge on any atom is -0.00391 e. The molecular formula is C59H70Cl2SiZr-2. The fraction of sp³-hybridized carbons (Fsp3) is 0.492. The van der Waals surface area contributed by atoms with Crippen molar-refractivity contribution in [1.82, 2.24) is 0 Å². The van der Waals surface area contributed by atoms with Gasteiger partial charge < -0.3 is 24.8 Å². The second kappa shape index (κ2) is 19.2. The van der Waals surface area contributed by atoms with Crippen molar-refractivity contribution in [1.29, 1.82) is 0 Å². The molecule has 14 rings (SSSR count). The van der Waals surface area contributed by atoms with Crippen LogP contribution in [0.15, 0.2) is 97.1 Å². The Balaban J connectivity index is 0.000000149. The van der Waals surface area contributed by atoms with Gasteiger partial charge in [-0.2, -0.15) is 12.1 Å². The van der Waals surface area contributed by atoms with Gasteiger partial charge in [-0.25, -0.2) is 0 Å². The number of benzene rings is 4. The molecule has 8 aliphatic carbocycles. The Kier molecular flexibility index (Phi) is 14.4. The normalized spacial score (nSPS) is 28.2. The fourth-order valence-electron chi connectivity index (χ4n) is 15.0. The summed E-state index contributed by atoms with van der Waals surface area (Å²) < 4.78 is 0. The molecule has 4 heteroatoms. The van der Waals surface area contributed by atoms with Crippen LogP contribution in [0.4, 0.5) is 0 Å². The Bertz CT molecular complexity index is 2470. The van der Waals surface area contributed by atoms with Crippen LogP contribution in [0.3, 0.4) is 0 Å². The molecule has 0 aliphatic heterocycles. The molecule has 8 bridgehead atoms. The van der Waals surface area contributed by atoms with Crippen molar-refractivity contribution in [2.24, 2.45) is 35.5 Å². The van der Waals surface area contributed by atoms with Crippen LogP contribution in [-0.4, -0.2) is 5.43 Å². The third kappa shape index (κ3) is 9.14. The topological polar surface area (TPSA) is 0 Å². The standard InChI is InChI=1S/C28H31.C27H29.C4H10Si.2ClH.Zr/c1-3-19-13-26-18(2)4-9-25(27(26)14-19)23-5-7-24(8-6-23)28-15-20-10-21(16-28)12-22(11-20)17-28;1-17-9-25-18(2)3-8-24(26(25)10-17)22-4-6-23(7-5-22)27-14-19-11-20(15-27)13-21(12-19)16-27;1-3-5-4-2;;;/h4-9,13-14,20-22H,3,10-12,15-17H2,1-2H3;3-10,19-21H,11-16H2,1-2H3;3-4H2,1-2H3;2*1H;/q2*-1;;;;+2/p-2. The predicted molar refractivity (Wildman–Crippen MR) is 260 cm³/mol. The number of rotatable bonds is 7. The van der Waals surface area contributed by atoms with E-state index in [4.69, 9.17) is 0 Å². The molecular weight excluding hydrogens is 899 g/mol. The molecule has 0 nitrogen and oxygen atoms in total. The average Bonchev–Trinajstić information content (AvgIpc) is 3.88. The molecule has 0 N–H and O–H groups in total. The molecule has 8 aliphatic rings. The molecule has 8 fully saturated rings. The summed E-state index contributed by atoms with van der Waals surface area (Å²) in [6, 6.07) is 41.2. The molecule has 0 unspecified atom stereocenters. The number of hydrogen-bond donors (Lipinski definition) is 0. The molecule has 0 saturated heterocycles. The van der Waals surface area contributed by atoms with Crippen molar-refractivity contribution in [2.75, 3.05) is 0 Å². The van der Waals surface area contributed by atoms with E-state index in [2.05, 4.69) is 139 Å². The Labute approximate surface area is 408 Å². The van der Waals surface area contributed by atoms with E-state index >= 15 is 0 Å². The zero-order chi connectivity index (χ0) is 42.0. The first-order valence-electron chi connectivity index (χ1n) is 24.7. The van der Waals surface area contributed by atoms with Crippen LogP contribution in [0, 0.1) is 56.3 Å². The fourth-order valence-corrected chi connectivity index (χ4v) is 15.5. The monoisotopic (exact) mass is 966 g/mol. The van der Waals surface area contributed by atoms with Gasteiger partial charge in [-0.05, 0) is 152 Å². The summed E-state index contributed by atoms with van der Waals surface area (Å²) in [6.45, 7) is 13.5. The number of halogens is 2. The minimum Gasteiger partial charge on any atom is -1.00 e. The van der Waals surface area contributed by atoms with E-state index in [-0.39, 0.29) is 30.2 Å². The van der Waals surface area contributed by atoms with Gasteiger partial charge in [-0.3, -0.25) is 0 Å². The summed E-state index contributed by atoms with van der Waals surface area (Å²) in [4.78, 5) is 0. The van der Waals surface area contributed by atoms with Gasteiger partial charge in [-0.15, -0.1) is 68.1 Å². The van der Waals surface area contributed by atoms with Crippen LogP contribution in [0.25, 0.3) is 43.8 Å². The van der Waals surface area contributed by atoms with Gasteiger partial charge in [0, 0.05) is 0 Å². The molecule has 0 radical (unpaired) electrons. The van der Waals surface area contributed by atoms with Crippen molar-refractivity contribution in [3.8, 4) is 22.3 Å². The van der Waals surface area contributed by atoms with Gasteiger partial charge in [0.1, 0.15) is 0 Å². The molecule has 6 aromatic carbocycles. The first-order valence-corrected chi connectivity index (χ1v) is 30.3. The van der Waals surface area contributed by atoms with Gasteiger partial charge in [0.15, 0.2) is 0 Å². The molecule has 6 aromatic rings. The summed E-state index contributed by atoms with van der Waals surface area (Å²) in [5.41, 5.74) is 15.6. The number of aryl methyl sites for hydroxylation is 4. The van der Waals surface area contributed by atoms with E-state index in [0.29, 0.717) is 10.8 Å². The molecule has 63 heavy (non-hydrogen) atoms. The van der Waals surface area contributed by atoms with Gasteiger partial charge in [-0.1, -0.05) is 99.5 Å². The summed E-state index contributed by atoms with van der Waals surface area (Å²) in [5, 5.41) is 5.68. The van der Waals surface area contributed by atoms with E-state index in [1.807, 2.05) is 0 Å². The maximum atomic E-state index is 2.48. The molecule has 0 spiro atoms. The van der Waals surface area contributed by atoms with Crippen LogP contribution in [0.1, 0.15) is 131 Å². The van der Waals surface area contributed by atoms with E-state index in [1.165, 1.54) is 155 Å². The molecule has 0 aromatic heterocycles. The first-order chi connectivity index (χ1) is 29.5. The summed E-state index contributed by atoms with van der Waals surface area (Å²) in [7, 11) is 0. The molecule has 0 heterocycles. The third-order valence-electron chi connectivity index (χ3n) is 17.4. The Morgan fingerprint density at radius 3 is 1.22 bits per heavy atom. The minimum atomic E-state index is 0. The number of fused-ring (bicyclic) bond motifs is 2. The summed E-state index contributed by atoms with van der Waals surface area (Å²) in [6.07, 6.45) is 19.0. The van der Waals surface area contributed by atoms with Crippen molar-refractivity contribution in [3.63, 3.8) is 0 Å². The van der Waals surface area contributed by atoms with Crippen molar-refractivity contribution >= 4 is 27.0 Å². The van der Waals surface area contributed by atoms with E-state index < -0.39 is 0 Å². The van der Waals surface area contributed by atoms with Crippen LogP contribution in [-0.2, 0) is 40.6 Å². The average molecular weight is 969 g/mol. The Morgan fingerprint density at radius 2 is 0.873 bits per heavy atom. The largest absolute Gasteiger partial charge is 1.00 e. The van der Waals surface area contributed by atoms with Gasteiger partial charge >= 0.3 is 54.7 Å². The van der Waals surface area contributed by atoms with E-state index in [9.17, 15) is 0 Å². The molecule has 8 saturated carbocycles. The van der Waals surface area contributed by atoms with Crippen LogP contribution < -0.4 is 24.8 Å².